The minimum atomic E-state index is 0.0648. The topological polar surface area (TPSA) is 42.0 Å². The molecule has 100 valence electrons. The Morgan fingerprint density at radius 2 is 2.26 bits per heavy atom. The molecule has 0 atom stereocenters. The van der Waals surface area contributed by atoms with Gasteiger partial charge in [-0.1, -0.05) is 23.7 Å². The molecular formula is C14H15ClN2OS. The summed E-state index contributed by atoms with van der Waals surface area (Å²) in [5.74, 6) is 0.0648. The number of aromatic nitrogens is 1. The van der Waals surface area contributed by atoms with Crippen LogP contribution in [0.1, 0.15) is 17.7 Å². The first-order chi connectivity index (χ1) is 9.24. The van der Waals surface area contributed by atoms with Crippen LogP contribution >= 0.6 is 22.9 Å². The van der Waals surface area contributed by atoms with E-state index in [9.17, 15) is 4.79 Å². The van der Waals surface area contributed by atoms with Crippen LogP contribution < -0.4 is 5.32 Å². The number of thiazole rings is 1. The molecule has 0 bridgehead atoms. The number of rotatable bonds is 6. The van der Waals surface area contributed by atoms with Crippen LogP contribution in [0.5, 0.6) is 0 Å². The average molecular weight is 295 g/mol. The zero-order chi connectivity index (χ0) is 13.5. The smallest absolute Gasteiger partial charge is 0.220 e. The largest absolute Gasteiger partial charge is 0.356 e. The van der Waals surface area contributed by atoms with Gasteiger partial charge in [0.15, 0.2) is 0 Å². The molecule has 0 spiro atoms. The van der Waals surface area contributed by atoms with E-state index in [2.05, 4.69) is 10.3 Å². The van der Waals surface area contributed by atoms with Crippen LogP contribution in [0.15, 0.2) is 35.2 Å². The minimum Gasteiger partial charge on any atom is -0.356 e. The predicted octanol–water partition coefficient (Wildman–Crippen LogP) is 3.09. The van der Waals surface area contributed by atoms with Crippen molar-refractivity contribution in [1.29, 1.82) is 0 Å². The number of hydrogen-bond acceptors (Lipinski definition) is 3. The van der Waals surface area contributed by atoms with Gasteiger partial charge in [0.1, 0.15) is 0 Å². The fourth-order valence-corrected chi connectivity index (χ4v) is 2.54. The van der Waals surface area contributed by atoms with Crippen LogP contribution in [0.25, 0.3) is 0 Å². The molecular weight excluding hydrogens is 280 g/mol. The molecule has 0 unspecified atom stereocenters. The second kappa shape index (κ2) is 7.26. The molecule has 0 saturated carbocycles. The fourth-order valence-electron chi connectivity index (χ4n) is 1.73. The molecule has 1 heterocycles. The monoisotopic (exact) mass is 294 g/mol. The number of carbonyl (C=O) groups excluding carboxylic acids is 1. The lowest BCUT2D eigenvalue weighted by atomic mass is 10.1. The minimum absolute atomic E-state index is 0.0648. The van der Waals surface area contributed by atoms with E-state index in [1.54, 1.807) is 16.8 Å². The van der Waals surface area contributed by atoms with E-state index in [1.165, 1.54) is 0 Å². The number of nitrogens with zero attached hydrogens (tertiary/aromatic N) is 1. The van der Waals surface area contributed by atoms with Gasteiger partial charge in [-0.25, -0.2) is 4.98 Å². The number of halogens is 1. The van der Waals surface area contributed by atoms with Gasteiger partial charge in [-0.05, 0) is 30.5 Å². The second-order valence-corrected chi connectivity index (χ2v) is 5.36. The third-order valence-electron chi connectivity index (χ3n) is 2.72. The van der Waals surface area contributed by atoms with Crippen LogP contribution in [0.2, 0.25) is 5.02 Å². The average Bonchev–Trinajstić information content (AvgIpc) is 2.89. The number of aryl methyl sites for hydroxylation is 1. The SMILES string of the molecule is O=C(CCc1cscn1)NCCc1cccc(Cl)c1. The summed E-state index contributed by atoms with van der Waals surface area (Å²) in [5.41, 5.74) is 3.90. The third-order valence-corrected chi connectivity index (χ3v) is 3.59. The Hall–Kier alpha value is -1.39. The first-order valence-corrected chi connectivity index (χ1v) is 7.44. The predicted molar refractivity (Wildman–Crippen MR) is 78.6 cm³/mol. The highest BCUT2D eigenvalue weighted by Gasteiger charge is 2.03. The van der Waals surface area contributed by atoms with Crippen LogP contribution in [-0.4, -0.2) is 17.4 Å². The van der Waals surface area contributed by atoms with Crippen molar-refractivity contribution in [2.24, 2.45) is 0 Å². The zero-order valence-corrected chi connectivity index (χ0v) is 12.0. The van der Waals surface area contributed by atoms with Gasteiger partial charge in [-0.2, -0.15) is 0 Å². The molecule has 2 aromatic rings. The van der Waals surface area contributed by atoms with Crippen molar-refractivity contribution in [2.45, 2.75) is 19.3 Å². The number of nitrogens with one attached hydrogen (secondary N) is 1. The first kappa shape index (κ1) is 14.0. The van der Waals surface area contributed by atoms with E-state index >= 15 is 0 Å². The zero-order valence-electron chi connectivity index (χ0n) is 10.4. The normalized spacial score (nSPS) is 10.4. The summed E-state index contributed by atoms with van der Waals surface area (Å²) in [4.78, 5) is 15.8. The lowest BCUT2D eigenvalue weighted by Crippen LogP contribution is -2.25. The summed E-state index contributed by atoms with van der Waals surface area (Å²) in [6.07, 6.45) is 1.98. The van der Waals surface area contributed by atoms with E-state index in [4.69, 9.17) is 11.6 Å². The molecule has 5 heteroatoms. The van der Waals surface area contributed by atoms with Gasteiger partial charge in [-0.15, -0.1) is 11.3 Å². The maximum absolute atomic E-state index is 11.6. The van der Waals surface area contributed by atoms with Gasteiger partial charge in [-0.3, -0.25) is 4.79 Å². The van der Waals surface area contributed by atoms with Crippen molar-refractivity contribution < 1.29 is 4.79 Å². The van der Waals surface area contributed by atoms with Gasteiger partial charge >= 0.3 is 0 Å². The molecule has 1 N–H and O–H groups in total. The maximum Gasteiger partial charge on any atom is 0.220 e. The summed E-state index contributed by atoms with van der Waals surface area (Å²) < 4.78 is 0. The first-order valence-electron chi connectivity index (χ1n) is 6.12. The Morgan fingerprint density at radius 1 is 1.37 bits per heavy atom. The maximum atomic E-state index is 11.6. The molecule has 0 aliphatic carbocycles. The van der Waals surface area contributed by atoms with Crippen LogP contribution in [-0.2, 0) is 17.6 Å². The molecule has 3 nitrogen and oxygen atoms in total. The standard InChI is InChI=1S/C14H15ClN2OS/c15-12-3-1-2-11(8-12)6-7-16-14(18)5-4-13-9-19-10-17-13/h1-3,8-10H,4-7H2,(H,16,18). The Kier molecular flexibility index (Phi) is 5.36. The molecule has 19 heavy (non-hydrogen) atoms. The van der Waals surface area contributed by atoms with E-state index in [-0.39, 0.29) is 5.91 Å². The van der Waals surface area contributed by atoms with Crippen LogP contribution in [0, 0.1) is 0 Å². The van der Waals surface area contributed by atoms with E-state index in [0.717, 1.165) is 22.7 Å². The summed E-state index contributed by atoms with van der Waals surface area (Å²) in [6, 6.07) is 7.69. The van der Waals surface area contributed by atoms with Gasteiger partial charge in [0.2, 0.25) is 5.91 Å². The molecule has 2 rings (SSSR count). The second-order valence-electron chi connectivity index (χ2n) is 4.21. The number of carbonyl (C=O) groups is 1. The lowest BCUT2D eigenvalue weighted by molar-refractivity contribution is -0.121. The molecule has 0 saturated heterocycles. The lowest BCUT2D eigenvalue weighted by Gasteiger charge is -2.05. The molecule has 0 fully saturated rings. The number of benzene rings is 1. The molecule has 1 aromatic carbocycles. The molecule has 0 aliphatic heterocycles. The van der Waals surface area contributed by atoms with Gasteiger partial charge in [0.05, 0.1) is 11.2 Å². The van der Waals surface area contributed by atoms with Crippen molar-refractivity contribution in [3.8, 4) is 0 Å². The van der Waals surface area contributed by atoms with Crippen molar-refractivity contribution in [3.63, 3.8) is 0 Å². The Bertz CT molecular complexity index is 528. The molecule has 0 radical (unpaired) electrons. The Morgan fingerprint density at radius 3 is 3.00 bits per heavy atom. The van der Waals surface area contributed by atoms with Crippen LogP contribution in [0.4, 0.5) is 0 Å². The highest BCUT2D eigenvalue weighted by molar-refractivity contribution is 7.07. The summed E-state index contributed by atoms with van der Waals surface area (Å²) >= 11 is 7.45. The highest BCUT2D eigenvalue weighted by atomic mass is 35.5. The number of hydrogen-bond donors (Lipinski definition) is 1. The van der Waals surface area contributed by atoms with E-state index in [1.807, 2.05) is 29.6 Å². The summed E-state index contributed by atoms with van der Waals surface area (Å²) in [6.45, 7) is 0.635. The third kappa shape index (κ3) is 5.01. The quantitative estimate of drug-likeness (QED) is 0.889. The Balaban J connectivity index is 1.66. The number of amides is 1. The summed E-state index contributed by atoms with van der Waals surface area (Å²) in [7, 11) is 0. The van der Waals surface area contributed by atoms with E-state index < -0.39 is 0 Å². The molecule has 1 aromatic heterocycles. The van der Waals surface area contributed by atoms with Crippen molar-refractivity contribution >= 4 is 28.8 Å². The molecule has 0 aliphatic rings. The fraction of sp³-hybridized carbons (Fsp3) is 0.286. The van der Waals surface area contributed by atoms with Crippen molar-refractivity contribution in [1.82, 2.24) is 10.3 Å². The van der Waals surface area contributed by atoms with Crippen molar-refractivity contribution in [3.05, 3.63) is 51.4 Å². The van der Waals surface area contributed by atoms with Gasteiger partial charge in [0, 0.05) is 23.4 Å². The van der Waals surface area contributed by atoms with Gasteiger partial charge in [0.25, 0.3) is 0 Å². The molecule has 1 amide bonds. The van der Waals surface area contributed by atoms with Crippen molar-refractivity contribution in [2.75, 3.05) is 6.54 Å². The Labute approximate surface area is 121 Å². The highest BCUT2D eigenvalue weighted by Crippen LogP contribution is 2.10. The summed E-state index contributed by atoms with van der Waals surface area (Å²) in [5, 5.41) is 5.61. The van der Waals surface area contributed by atoms with E-state index in [0.29, 0.717) is 19.4 Å². The van der Waals surface area contributed by atoms with Crippen LogP contribution in [0.3, 0.4) is 0 Å². The van der Waals surface area contributed by atoms with Gasteiger partial charge < -0.3 is 5.32 Å².